The molecule has 0 N–H and O–H groups in total. The van der Waals surface area contributed by atoms with Crippen LogP contribution in [0, 0.1) is 47.3 Å². The van der Waals surface area contributed by atoms with Crippen LogP contribution in [0.1, 0.15) is 167 Å². The fourth-order valence-electron chi connectivity index (χ4n) is 20.5. The maximum atomic E-state index is 6.25. The van der Waals surface area contributed by atoms with Crippen molar-refractivity contribution in [3.8, 4) is 67.8 Å². The molecular formula is C113H92N20Pt4Si. The number of hydrogen-bond donors (Lipinski definition) is 0. The van der Waals surface area contributed by atoms with Crippen LogP contribution in [-0.2, 0) is 152 Å². The molecule has 0 amide bonds. The molecule has 20 nitrogen and oxygen atoms in total. The van der Waals surface area contributed by atoms with Gasteiger partial charge < -0.3 is 88.1 Å². The van der Waals surface area contributed by atoms with Crippen LogP contribution in [0.5, 0.6) is 0 Å². The Kier molecular flexibility index (Phi) is 34.6. The van der Waals surface area contributed by atoms with E-state index in [0.717, 1.165) is 176 Å². The van der Waals surface area contributed by atoms with Gasteiger partial charge >= 0.3 is 84.3 Å². The molecule has 0 saturated carbocycles. The van der Waals surface area contributed by atoms with Crippen LogP contribution < -0.4 is 41.4 Å². The summed E-state index contributed by atoms with van der Waals surface area (Å²) in [5, 5.41) is 66.1. The van der Waals surface area contributed by atoms with E-state index in [9.17, 15) is 0 Å². The summed E-state index contributed by atoms with van der Waals surface area (Å²) in [6.45, 7) is 23.3. The third-order valence-electron chi connectivity index (χ3n) is 26.5. The minimum absolute atomic E-state index is 0. The van der Waals surface area contributed by atoms with Crippen LogP contribution in [0.4, 0.5) is 0 Å². The Morgan fingerprint density at radius 3 is 1.03 bits per heavy atom. The molecule has 138 heavy (non-hydrogen) atoms. The molecule has 6 aliphatic rings. The standard InChI is InChI=1S/C30H23N4.C30H25N4.C29H23N4Si.C20H21N4.4CN.4Pt/c1-4-13-23-20(10-1)21-11-2-5-14-24(21)30(23,27-17-7-8-19-31-27)28-18-9-16-26(32-28)29-22-12-3-6-15-25(22)33-34-29;1-3-12-22(13-4-1)30(23-14-5-2-6-15-23,27-19-9-10-21-31-27)28-20-11-18-26(32-28)29-24-16-7-8-17-25(24)33-34-29;1-4-13-23-22(12-1)29(33-32-23)24-14-9-18-28(31-24)34(27-17-7-8-19-30-27)25-15-5-2-10-20(25)21-11-3-6-16-26(21)34;1-20(2,17-11-5-6-13-21-17)18-12-7-10-16(22-18)19-14-8-3-4-9-15(14)23-24-19;4*1-2;;;;/h1-2,4-5,7-11,13-14,16-19H,3,6,12,15H2;1-6,9-15,18-21H,7-8,16-17H2;2-3,5-11,14-19H,1,4,12-13H2;5-7,10-13H,3-4,8-9H2,1-2H3;;;;;;;;/q8*-1;4*+2. The normalized spacial score (nSPS) is 13.5. The van der Waals surface area contributed by atoms with E-state index in [1.54, 1.807) is 0 Å². The number of nitrogens with zero attached hydrogens (tertiary/aromatic N) is 20. The maximum absolute atomic E-state index is 6.25. The van der Waals surface area contributed by atoms with Crippen molar-refractivity contribution in [2.75, 3.05) is 0 Å². The van der Waals surface area contributed by atoms with E-state index >= 15 is 0 Å². The van der Waals surface area contributed by atoms with E-state index in [1.807, 2.05) is 79.4 Å². The van der Waals surface area contributed by atoms with Crippen LogP contribution >= 0.6 is 0 Å². The summed E-state index contributed by atoms with van der Waals surface area (Å²) < 4.78 is 0. The third-order valence-corrected chi connectivity index (χ3v) is 31.1. The van der Waals surface area contributed by atoms with Gasteiger partial charge in [-0.15, -0.1) is 0 Å². The van der Waals surface area contributed by atoms with Gasteiger partial charge in [0.2, 0.25) is 8.07 Å². The number of benzene rings is 6. The Labute approximate surface area is 863 Å². The zero-order chi connectivity index (χ0) is 92.4. The molecule has 1 aliphatic heterocycles. The fourth-order valence-corrected chi connectivity index (χ4v) is 25.3. The average molecular weight is 2540 g/mol. The topological polar surface area (TPSA) is 306 Å². The predicted molar refractivity (Wildman–Crippen MR) is 518 cm³/mol. The molecule has 0 fully saturated rings. The number of hydrogen-bond acceptors (Lipinski definition) is 16. The Bertz CT molecular complexity index is 6510. The number of aryl methyl sites for hydroxylation is 4. The first-order valence-electron chi connectivity index (χ1n) is 45.3. The number of rotatable bonds is 14. The predicted octanol–water partition coefficient (Wildman–Crippen LogP) is 18.3. The largest absolute Gasteiger partial charge is 2.00 e. The van der Waals surface area contributed by atoms with E-state index in [4.69, 9.17) is 82.2 Å². The number of pyridine rings is 8. The Morgan fingerprint density at radius 2 is 0.601 bits per heavy atom. The number of fused-ring (bicyclic) bond motifs is 10. The number of aromatic nitrogens is 16. The Morgan fingerprint density at radius 1 is 0.275 bits per heavy atom. The van der Waals surface area contributed by atoms with Crippen molar-refractivity contribution in [1.82, 2.24) is 80.7 Å². The van der Waals surface area contributed by atoms with Crippen LogP contribution in [0.25, 0.3) is 67.8 Å². The third kappa shape index (κ3) is 19.2. The second-order valence-electron chi connectivity index (χ2n) is 34.0. The molecule has 25 heteroatoms. The minimum Gasteiger partial charge on any atom is -0.573 e. The molecule has 0 unspecified atom stereocenters. The molecule has 0 bridgehead atoms. The second kappa shape index (κ2) is 46.9. The van der Waals surface area contributed by atoms with Gasteiger partial charge in [-0.05, 0) is 291 Å². The van der Waals surface area contributed by atoms with Crippen molar-refractivity contribution in [2.45, 2.75) is 133 Å². The van der Waals surface area contributed by atoms with E-state index in [-0.39, 0.29) is 89.7 Å². The van der Waals surface area contributed by atoms with Gasteiger partial charge in [-0.25, -0.2) is 0 Å². The molecule has 13 heterocycles. The summed E-state index contributed by atoms with van der Waals surface area (Å²) in [6.07, 6.45) is 25.3. The van der Waals surface area contributed by atoms with Crippen molar-refractivity contribution in [2.24, 2.45) is 0 Å². The van der Waals surface area contributed by atoms with Crippen LogP contribution in [0.3, 0.4) is 0 Å². The second-order valence-corrected chi connectivity index (χ2v) is 37.6. The van der Waals surface area contributed by atoms with Gasteiger partial charge in [0.15, 0.2) is 0 Å². The maximum Gasteiger partial charge on any atom is 2.00 e. The van der Waals surface area contributed by atoms with Crippen molar-refractivity contribution >= 4 is 29.1 Å². The fraction of sp³-hybridized carbons (Fsp3) is 0.186. The van der Waals surface area contributed by atoms with E-state index < -0.39 is 18.9 Å². The summed E-state index contributed by atoms with van der Waals surface area (Å²) >= 11 is 0. The monoisotopic (exact) mass is 2540 g/mol. The molecule has 24 rings (SSSR count). The molecule has 0 radical (unpaired) electrons. The Balaban J connectivity index is 0.000000151. The van der Waals surface area contributed by atoms with Crippen molar-refractivity contribution < 1.29 is 84.3 Å². The average Bonchev–Trinajstić information content (AvgIpc) is 1.53. The first-order chi connectivity index (χ1) is 66.3. The molecule has 18 aromatic rings. The first-order valence-corrected chi connectivity index (χ1v) is 47.3. The van der Waals surface area contributed by atoms with Gasteiger partial charge in [-0.3, -0.25) is 39.9 Å². The summed E-state index contributed by atoms with van der Waals surface area (Å²) in [6, 6.07) is 106. The van der Waals surface area contributed by atoms with E-state index in [0.29, 0.717) is 0 Å². The zero-order valence-corrected chi connectivity index (χ0v) is 85.8. The van der Waals surface area contributed by atoms with Crippen LogP contribution in [0.2, 0.25) is 0 Å². The zero-order valence-electron chi connectivity index (χ0n) is 75.7. The Hall–Kier alpha value is -13.7. The van der Waals surface area contributed by atoms with Crippen molar-refractivity contribution in [3.63, 3.8) is 0 Å². The molecular weight excluding hydrogens is 2450 g/mol. The van der Waals surface area contributed by atoms with Gasteiger partial charge in [-0.2, -0.15) is 0 Å². The van der Waals surface area contributed by atoms with E-state index in [1.165, 1.54) is 117 Å². The smallest absolute Gasteiger partial charge is 0.573 e. The van der Waals surface area contributed by atoms with Crippen molar-refractivity contribution in [3.05, 3.63) is 456 Å². The van der Waals surface area contributed by atoms with Gasteiger partial charge in [0, 0.05) is 69.3 Å². The minimum atomic E-state index is -2.68. The summed E-state index contributed by atoms with van der Waals surface area (Å²) in [5.41, 5.74) is 31.2. The molecule has 688 valence electrons. The van der Waals surface area contributed by atoms with Gasteiger partial charge in [0.1, 0.15) is 10.8 Å². The van der Waals surface area contributed by atoms with Crippen molar-refractivity contribution in [1.29, 1.82) is 21.0 Å². The van der Waals surface area contributed by atoms with Crippen LogP contribution in [0.15, 0.2) is 328 Å². The summed E-state index contributed by atoms with van der Waals surface area (Å²) in [7, 11) is -2.68. The van der Waals surface area contributed by atoms with Gasteiger partial charge in [0.05, 0.1) is 51.2 Å². The molecule has 0 spiro atoms. The van der Waals surface area contributed by atoms with E-state index in [2.05, 4.69) is 308 Å². The summed E-state index contributed by atoms with van der Waals surface area (Å²) in [4.78, 5) is 40.2. The molecule has 6 aromatic carbocycles. The molecule has 0 atom stereocenters. The van der Waals surface area contributed by atoms with Gasteiger partial charge in [-0.1, -0.05) is 229 Å². The van der Waals surface area contributed by atoms with Crippen LogP contribution in [-0.4, -0.2) is 68.3 Å². The molecule has 5 aliphatic carbocycles. The van der Waals surface area contributed by atoms with Gasteiger partial charge in [0.25, 0.3) is 0 Å². The SMILES string of the molecule is CC(C)(c1ccccn1)c1cccc(-c2[n-]nc3c2CCCC3)n1.[C-]#N.[C-]#N.[C-]#N.[C-]#N.[Pt+2].[Pt+2].[Pt+2].[Pt+2].c1ccc(C(c2ccccc2)(c2ccccn2)c2cccc(-c3[n-]nc4c3CCCC4)n2)cc1.c1ccc(C2(c3cccc(-c4[n-]nc5c4CCCC5)n3)c3ccccc3-c3ccccc32)nc1.c1ccc([Si]2(c3cccc(-c4[n-]nc5c4CCCC5)n3)c3ccccc3-c3ccccc32)nc1. The first kappa shape index (κ1) is 102. The molecule has 12 aromatic heterocycles. The quantitative estimate of drug-likeness (QED) is 0.0721. The molecule has 0 saturated heterocycles. The summed E-state index contributed by atoms with van der Waals surface area (Å²) in [5.74, 6) is 0.